The van der Waals surface area contributed by atoms with Gasteiger partial charge in [0, 0.05) is 0 Å². The molecule has 54 valence electrons. The predicted octanol–water partition coefficient (Wildman–Crippen LogP) is 1.58. The van der Waals surface area contributed by atoms with Crippen molar-refractivity contribution in [2.45, 2.75) is 0 Å². The van der Waals surface area contributed by atoms with Crippen molar-refractivity contribution in [3.8, 4) is 0 Å². The van der Waals surface area contributed by atoms with Gasteiger partial charge >= 0.3 is 5.97 Å². The highest BCUT2D eigenvalue weighted by Gasteiger charge is 2.08. The number of rotatable bonds is 1. The molecule has 0 aliphatic heterocycles. The van der Waals surface area contributed by atoms with Gasteiger partial charge in [0.15, 0.2) is 0 Å². The summed E-state index contributed by atoms with van der Waals surface area (Å²) < 4.78 is 4.89. The molecule has 3 nitrogen and oxygen atoms in total. The molecule has 0 aliphatic rings. The van der Waals surface area contributed by atoms with Crippen molar-refractivity contribution in [3.05, 3.63) is 15.5 Å². The fourth-order valence-electron chi connectivity index (χ4n) is 0.436. The van der Waals surface area contributed by atoms with Crippen molar-refractivity contribution in [1.82, 2.24) is 4.98 Å². The largest absolute Gasteiger partial charge is 0.464 e. The van der Waals surface area contributed by atoms with Crippen LogP contribution in [0.5, 0.6) is 0 Å². The Kier molecular flexibility index (Phi) is 2.24. The van der Waals surface area contributed by atoms with Crippen LogP contribution in [0.25, 0.3) is 0 Å². The van der Waals surface area contributed by atoms with Crippen LogP contribution in [0, 0.1) is 0 Å². The molecule has 0 saturated carbocycles. The average Bonchev–Trinajstić information content (AvgIpc) is 2.34. The first-order valence-corrected chi connectivity index (χ1v) is 3.63. The lowest BCUT2D eigenvalue weighted by Crippen LogP contribution is -1.98. The third kappa shape index (κ3) is 1.46. The molecule has 1 aromatic heterocycles. The summed E-state index contributed by atoms with van der Waals surface area (Å²) in [6, 6.07) is 0. The summed E-state index contributed by atoms with van der Waals surface area (Å²) in [6.45, 7) is 0. The van der Waals surface area contributed by atoms with E-state index in [1.165, 1.54) is 13.3 Å². The Morgan fingerprint density at radius 3 is 3.00 bits per heavy atom. The molecular weight excluding hydrogens is 174 g/mol. The maximum atomic E-state index is 10.7. The number of hydrogen-bond acceptors (Lipinski definition) is 4. The lowest BCUT2D eigenvalue weighted by Gasteiger charge is -1.89. The Morgan fingerprint density at radius 1 is 1.90 bits per heavy atom. The number of nitrogens with zero attached hydrogens (tertiary/aromatic N) is 1. The number of carbonyl (C=O) groups is 1. The molecule has 0 saturated heterocycles. The minimum atomic E-state index is -0.447. The minimum Gasteiger partial charge on any atom is -0.464 e. The number of hydrogen-bond donors (Lipinski definition) is 0. The molecule has 0 amide bonds. The number of thiazole rings is 1. The average molecular weight is 178 g/mol. The molecule has 0 unspecified atom stereocenters. The summed E-state index contributed by atoms with van der Waals surface area (Å²) in [7, 11) is 1.30. The number of methoxy groups -OCH3 is 1. The Balaban J connectivity index is 2.85. The molecule has 0 aromatic carbocycles. The minimum absolute atomic E-state index is 0.285. The monoisotopic (exact) mass is 177 g/mol. The maximum absolute atomic E-state index is 10.7. The molecule has 0 bridgehead atoms. The fraction of sp³-hybridized carbons (Fsp3) is 0.200. The summed E-state index contributed by atoms with van der Waals surface area (Å²) in [5.74, 6) is -0.447. The quantitative estimate of drug-likeness (QED) is 0.612. The van der Waals surface area contributed by atoms with Crippen molar-refractivity contribution in [2.75, 3.05) is 7.11 Å². The van der Waals surface area contributed by atoms with Crippen LogP contribution in [0.3, 0.4) is 0 Å². The molecule has 0 atom stereocenters. The van der Waals surface area contributed by atoms with Gasteiger partial charge in [0.2, 0.25) is 5.01 Å². The Hall–Kier alpha value is -0.610. The van der Waals surface area contributed by atoms with Crippen molar-refractivity contribution in [3.63, 3.8) is 0 Å². The van der Waals surface area contributed by atoms with Gasteiger partial charge in [-0.3, -0.25) is 0 Å². The highest BCUT2D eigenvalue weighted by atomic mass is 35.5. The van der Waals surface area contributed by atoms with Gasteiger partial charge in [0.25, 0.3) is 0 Å². The van der Waals surface area contributed by atoms with Crippen LogP contribution in [-0.4, -0.2) is 18.1 Å². The van der Waals surface area contributed by atoms with E-state index in [0.717, 1.165) is 11.3 Å². The van der Waals surface area contributed by atoms with E-state index >= 15 is 0 Å². The molecule has 1 heterocycles. The van der Waals surface area contributed by atoms with Gasteiger partial charge in [0.1, 0.15) is 4.34 Å². The zero-order valence-electron chi connectivity index (χ0n) is 5.13. The molecule has 0 fully saturated rings. The van der Waals surface area contributed by atoms with Gasteiger partial charge in [-0.2, -0.15) is 0 Å². The number of esters is 1. The molecule has 0 spiro atoms. The highest BCUT2D eigenvalue weighted by Crippen LogP contribution is 2.18. The topological polar surface area (TPSA) is 39.2 Å². The highest BCUT2D eigenvalue weighted by molar-refractivity contribution is 7.17. The van der Waals surface area contributed by atoms with Crippen LogP contribution < -0.4 is 0 Å². The van der Waals surface area contributed by atoms with Crippen LogP contribution in [0.2, 0.25) is 4.34 Å². The first-order valence-electron chi connectivity index (χ1n) is 2.43. The number of ether oxygens (including phenoxy) is 1. The molecule has 0 aliphatic carbocycles. The van der Waals surface area contributed by atoms with E-state index in [0.29, 0.717) is 4.34 Å². The van der Waals surface area contributed by atoms with Crippen LogP contribution in [-0.2, 0) is 4.74 Å². The molecule has 1 rings (SSSR count). The summed E-state index contributed by atoms with van der Waals surface area (Å²) in [6.07, 6.45) is 1.42. The second-order valence-corrected chi connectivity index (χ2v) is 3.12. The number of carbonyl (C=O) groups excluding carboxylic acids is 1. The third-order valence-corrected chi connectivity index (χ3v) is 1.93. The molecule has 5 heteroatoms. The van der Waals surface area contributed by atoms with Gasteiger partial charge < -0.3 is 4.74 Å². The summed E-state index contributed by atoms with van der Waals surface area (Å²) in [4.78, 5) is 14.4. The Bertz CT molecular complexity index is 248. The van der Waals surface area contributed by atoms with Gasteiger partial charge in [-0.25, -0.2) is 9.78 Å². The third-order valence-electron chi connectivity index (χ3n) is 0.837. The number of aromatic nitrogens is 1. The SMILES string of the molecule is COC(=O)c1ncc(Cl)s1. The van der Waals surface area contributed by atoms with Crippen molar-refractivity contribution in [2.24, 2.45) is 0 Å². The Morgan fingerprint density at radius 2 is 2.60 bits per heavy atom. The van der Waals surface area contributed by atoms with Gasteiger partial charge in [-0.05, 0) is 0 Å². The standard InChI is InChI=1S/C5H4ClNO2S/c1-9-5(8)4-7-2-3(6)10-4/h2H,1H3. The lowest BCUT2D eigenvalue weighted by atomic mass is 10.7. The summed E-state index contributed by atoms with van der Waals surface area (Å²) >= 11 is 6.61. The second-order valence-electron chi connectivity index (χ2n) is 1.46. The second kappa shape index (κ2) is 2.98. The molecule has 1 aromatic rings. The normalized spacial score (nSPS) is 9.40. The zero-order valence-corrected chi connectivity index (χ0v) is 6.70. The molecular formula is C5H4ClNO2S. The molecule has 10 heavy (non-hydrogen) atoms. The van der Waals surface area contributed by atoms with Gasteiger partial charge in [0.05, 0.1) is 13.3 Å². The van der Waals surface area contributed by atoms with Crippen molar-refractivity contribution in [1.29, 1.82) is 0 Å². The van der Waals surface area contributed by atoms with Crippen LogP contribution in [0.4, 0.5) is 0 Å². The van der Waals surface area contributed by atoms with Crippen LogP contribution >= 0.6 is 22.9 Å². The predicted molar refractivity (Wildman–Crippen MR) is 38.5 cm³/mol. The van der Waals surface area contributed by atoms with Crippen molar-refractivity contribution >= 4 is 28.9 Å². The lowest BCUT2D eigenvalue weighted by molar-refractivity contribution is 0.0600. The van der Waals surface area contributed by atoms with Crippen molar-refractivity contribution < 1.29 is 9.53 Å². The Labute approximate surface area is 66.6 Å². The first kappa shape index (κ1) is 7.50. The maximum Gasteiger partial charge on any atom is 0.367 e. The van der Waals surface area contributed by atoms with E-state index < -0.39 is 5.97 Å². The van der Waals surface area contributed by atoms with Crippen LogP contribution in [0.1, 0.15) is 9.80 Å². The smallest absolute Gasteiger partial charge is 0.367 e. The number of halogens is 1. The van der Waals surface area contributed by atoms with E-state index in [1.54, 1.807) is 0 Å². The van der Waals surface area contributed by atoms with Crippen LogP contribution in [0.15, 0.2) is 6.20 Å². The first-order chi connectivity index (χ1) is 4.74. The zero-order chi connectivity index (χ0) is 7.56. The summed E-state index contributed by atoms with van der Waals surface area (Å²) in [5.41, 5.74) is 0. The fourth-order valence-corrected chi connectivity index (χ4v) is 1.27. The van der Waals surface area contributed by atoms with E-state index in [1.807, 2.05) is 0 Å². The van der Waals surface area contributed by atoms with E-state index in [9.17, 15) is 4.79 Å². The van der Waals surface area contributed by atoms with E-state index in [-0.39, 0.29) is 5.01 Å². The summed E-state index contributed by atoms with van der Waals surface area (Å²) in [5, 5.41) is 0.285. The van der Waals surface area contributed by atoms with E-state index in [2.05, 4.69) is 9.72 Å². The molecule has 0 N–H and O–H groups in total. The van der Waals surface area contributed by atoms with Gasteiger partial charge in [-0.1, -0.05) is 22.9 Å². The van der Waals surface area contributed by atoms with Gasteiger partial charge in [-0.15, -0.1) is 0 Å². The van der Waals surface area contributed by atoms with E-state index in [4.69, 9.17) is 11.6 Å². The molecule has 0 radical (unpaired) electrons.